The lowest BCUT2D eigenvalue weighted by atomic mass is 9.90. The minimum Gasteiger partial charge on any atom is -0.790 e. The predicted octanol–water partition coefficient (Wildman–Crippen LogP) is 0.455. The van der Waals surface area contributed by atoms with E-state index in [-0.39, 0.29) is 50.5 Å². The fraction of sp³-hybridized carbons (Fsp3) is 0.611. The Balaban J connectivity index is 1.61. The Kier molecular flexibility index (Phi) is 7.97. The van der Waals surface area contributed by atoms with Gasteiger partial charge in [-0.3, -0.25) is 0 Å². The van der Waals surface area contributed by atoms with Crippen LogP contribution >= 0.6 is 7.82 Å². The van der Waals surface area contributed by atoms with Gasteiger partial charge in [0.05, 0.1) is 31.5 Å². The topological polar surface area (TPSA) is 149 Å². The zero-order valence-electron chi connectivity index (χ0n) is 17.7. The van der Waals surface area contributed by atoms with Crippen molar-refractivity contribution in [1.82, 2.24) is 9.21 Å². The second-order valence-electron chi connectivity index (χ2n) is 7.83. The third kappa shape index (κ3) is 6.68. The molecule has 0 saturated carbocycles. The lowest BCUT2D eigenvalue weighted by molar-refractivity contribution is -0.344. The van der Waals surface area contributed by atoms with Crippen LogP contribution in [0.25, 0.3) is 0 Å². The molecule has 2 fully saturated rings. The second kappa shape index (κ2) is 10.1. The van der Waals surface area contributed by atoms with E-state index in [0.717, 1.165) is 4.90 Å². The van der Waals surface area contributed by atoms with Crippen molar-refractivity contribution >= 4 is 23.9 Å². The van der Waals surface area contributed by atoms with Crippen LogP contribution in [0, 0.1) is 0 Å². The molecular formula is C18H22F3N2O9PS-2. The smallest absolute Gasteiger partial charge is 0.427 e. The molecule has 1 spiro atoms. The fourth-order valence-corrected chi connectivity index (χ4v) is 5.54. The summed E-state index contributed by atoms with van der Waals surface area (Å²) in [4.78, 5) is 34.3. The van der Waals surface area contributed by atoms with Gasteiger partial charge in [0, 0.05) is 26.2 Å². The van der Waals surface area contributed by atoms with Gasteiger partial charge in [-0.1, -0.05) is 18.2 Å². The summed E-state index contributed by atoms with van der Waals surface area (Å²) in [6.07, 6.45) is -9.24. The van der Waals surface area contributed by atoms with E-state index in [2.05, 4.69) is 9.26 Å². The number of likely N-dealkylation sites (tertiary alicyclic amines) is 1. The van der Waals surface area contributed by atoms with Crippen LogP contribution in [0.5, 0.6) is 0 Å². The van der Waals surface area contributed by atoms with Gasteiger partial charge in [-0.25, -0.2) is 13.2 Å². The number of phosphoric ester groups is 1. The molecule has 3 rings (SSSR count). The average Bonchev–Trinajstić information content (AvgIpc) is 2.76. The molecule has 16 heteroatoms. The molecule has 2 aliphatic heterocycles. The summed E-state index contributed by atoms with van der Waals surface area (Å²) in [6, 6.07) is 7.81. The van der Waals surface area contributed by atoms with Crippen LogP contribution in [0.2, 0.25) is 0 Å². The lowest BCUT2D eigenvalue weighted by Crippen LogP contribution is -2.58. The molecule has 2 heterocycles. The molecule has 1 atom stereocenters. The number of alkyl halides is 3. The van der Waals surface area contributed by atoms with Crippen LogP contribution in [0.1, 0.15) is 12.8 Å². The van der Waals surface area contributed by atoms with Gasteiger partial charge in [-0.05, 0) is 25.0 Å². The van der Waals surface area contributed by atoms with Gasteiger partial charge in [-0.15, -0.1) is 0 Å². The van der Waals surface area contributed by atoms with Gasteiger partial charge in [0.1, 0.15) is 0 Å². The third-order valence-corrected chi connectivity index (χ3v) is 7.84. The molecule has 0 radical (unpaired) electrons. The monoisotopic (exact) mass is 530 g/mol. The predicted molar refractivity (Wildman–Crippen MR) is 105 cm³/mol. The zero-order valence-corrected chi connectivity index (χ0v) is 19.4. The number of phosphoric acid groups is 1. The van der Waals surface area contributed by atoms with Crippen LogP contribution < -0.4 is 9.79 Å². The van der Waals surface area contributed by atoms with E-state index in [9.17, 15) is 40.7 Å². The maximum atomic E-state index is 13.1. The number of benzene rings is 1. The maximum Gasteiger partial charge on any atom is 0.427 e. The molecule has 34 heavy (non-hydrogen) atoms. The number of hydrogen-bond donors (Lipinski definition) is 0. The molecule has 1 aromatic rings. The molecule has 1 unspecified atom stereocenters. The number of halogens is 3. The van der Waals surface area contributed by atoms with Gasteiger partial charge < -0.3 is 33.2 Å². The molecule has 1 amide bonds. The van der Waals surface area contributed by atoms with Crippen LogP contribution in [-0.2, 0) is 28.6 Å². The summed E-state index contributed by atoms with van der Waals surface area (Å²) in [7, 11) is -9.49. The SMILES string of the molecule is O=C(OC(COP(=O)([O-])[O-])C(F)(F)F)N1CCC2(CC1)CN(S(=O)(=O)c1ccccc1)CCO2. The number of piperidine rings is 1. The van der Waals surface area contributed by atoms with Crippen molar-refractivity contribution in [2.24, 2.45) is 0 Å². The Labute approximate surface area is 193 Å². The summed E-state index contributed by atoms with van der Waals surface area (Å²) in [5, 5.41) is 0. The summed E-state index contributed by atoms with van der Waals surface area (Å²) in [6.45, 7) is -1.63. The van der Waals surface area contributed by atoms with Crippen molar-refractivity contribution in [2.45, 2.75) is 35.6 Å². The molecule has 192 valence electrons. The first kappa shape index (κ1) is 26.9. The zero-order chi connectivity index (χ0) is 25.2. The molecule has 0 aliphatic carbocycles. The quantitative estimate of drug-likeness (QED) is 0.478. The van der Waals surface area contributed by atoms with Crippen LogP contribution in [0.15, 0.2) is 35.2 Å². The first-order chi connectivity index (χ1) is 15.7. The van der Waals surface area contributed by atoms with E-state index < -0.39 is 48.4 Å². The van der Waals surface area contributed by atoms with Crippen molar-refractivity contribution < 1.29 is 54.7 Å². The van der Waals surface area contributed by atoms with Gasteiger partial charge in [0.2, 0.25) is 16.1 Å². The number of sulfonamides is 1. The molecule has 1 aromatic carbocycles. The van der Waals surface area contributed by atoms with Gasteiger partial charge in [0.15, 0.2) is 0 Å². The Hall–Kier alpha value is -1.74. The largest absolute Gasteiger partial charge is 0.790 e. The van der Waals surface area contributed by atoms with Crippen molar-refractivity contribution in [2.75, 3.05) is 39.4 Å². The van der Waals surface area contributed by atoms with E-state index in [0.29, 0.717) is 0 Å². The highest BCUT2D eigenvalue weighted by atomic mass is 32.2. The molecule has 0 N–H and O–H groups in total. The molecule has 2 saturated heterocycles. The molecule has 0 bridgehead atoms. The molecule has 2 aliphatic rings. The van der Waals surface area contributed by atoms with Gasteiger partial charge >= 0.3 is 12.3 Å². The maximum absolute atomic E-state index is 13.1. The van der Waals surface area contributed by atoms with Crippen molar-refractivity contribution in [3.63, 3.8) is 0 Å². The number of ether oxygens (including phenoxy) is 2. The van der Waals surface area contributed by atoms with E-state index in [1.54, 1.807) is 18.2 Å². The number of amides is 1. The highest BCUT2D eigenvalue weighted by Gasteiger charge is 2.47. The van der Waals surface area contributed by atoms with Gasteiger partial charge in [-0.2, -0.15) is 17.5 Å². The summed E-state index contributed by atoms with van der Waals surface area (Å²) >= 11 is 0. The van der Waals surface area contributed by atoms with Crippen molar-refractivity contribution in [3.05, 3.63) is 30.3 Å². The minimum atomic E-state index is -5.70. The highest BCUT2D eigenvalue weighted by molar-refractivity contribution is 7.89. The Morgan fingerprint density at radius 2 is 1.79 bits per heavy atom. The third-order valence-electron chi connectivity index (χ3n) is 5.52. The summed E-state index contributed by atoms with van der Waals surface area (Å²) in [5.41, 5.74) is -0.929. The Morgan fingerprint density at radius 3 is 2.35 bits per heavy atom. The lowest BCUT2D eigenvalue weighted by Gasteiger charge is -2.46. The van der Waals surface area contributed by atoms with E-state index in [4.69, 9.17) is 4.74 Å². The van der Waals surface area contributed by atoms with Crippen LogP contribution in [0.3, 0.4) is 0 Å². The summed E-state index contributed by atoms with van der Waals surface area (Å²) in [5.74, 6) is 0. The number of nitrogens with zero attached hydrogens (tertiary/aromatic N) is 2. The molecule has 0 aromatic heterocycles. The van der Waals surface area contributed by atoms with Crippen molar-refractivity contribution in [1.29, 1.82) is 0 Å². The van der Waals surface area contributed by atoms with E-state index in [1.807, 2.05) is 0 Å². The van der Waals surface area contributed by atoms with Crippen molar-refractivity contribution in [3.8, 4) is 0 Å². The highest BCUT2D eigenvalue weighted by Crippen LogP contribution is 2.34. The van der Waals surface area contributed by atoms with E-state index >= 15 is 0 Å². The average molecular weight is 530 g/mol. The molecule has 11 nitrogen and oxygen atoms in total. The molecular weight excluding hydrogens is 508 g/mol. The minimum absolute atomic E-state index is 0.00835. The van der Waals surface area contributed by atoms with Gasteiger partial charge in [0.25, 0.3) is 0 Å². The number of hydrogen-bond acceptors (Lipinski definition) is 9. The standard InChI is InChI=1S/C18H24F3N2O9PS/c19-18(20,21)15(12-31-33(25,26)27)32-16(24)22-8-6-17(7-9-22)13-23(10-11-30-17)34(28,29)14-4-2-1-3-5-14/h1-5,15H,6-13H2,(H2,25,26,27)/p-2. The fourth-order valence-electron chi connectivity index (χ4n) is 3.71. The number of carbonyl (C=O) groups is 1. The summed E-state index contributed by atoms with van der Waals surface area (Å²) < 4.78 is 90.6. The number of morpholine rings is 1. The number of rotatable bonds is 6. The van der Waals surface area contributed by atoms with E-state index in [1.165, 1.54) is 16.4 Å². The Bertz CT molecular complexity index is 1010. The number of carbonyl (C=O) groups excluding carboxylic acids is 1. The van der Waals surface area contributed by atoms with Crippen LogP contribution in [0.4, 0.5) is 18.0 Å². The first-order valence-electron chi connectivity index (χ1n) is 10.1. The normalized spacial score (nSPS) is 20.8. The second-order valence-corrected chi connectivity index (χ2v) is 10.9. The Morgan fingerprint density at radius 1 is 1.18 bits per heavy atom. The van der Waals surface area contributed by atoms with Crippen LogP contribution in [-0.4, -0.2) is 81.0 Å². The first-order valence-corrected chi connectivity index (χ1v) is 13.0.